The molecule has 3 heterocycles. The Morgan fingerprint density at radius 2 is 2.53 bits per heavy atom. The summed E-state index contributed by atoms with van der Waals surface area (Å²) in [6.07, 6.45) is 5.12. The maximum Gasteiger partial charge on any atom is 0.0954 e. The molecule has 3 rings (SSSR count). The number of nitrogens with zero attached hydrogens (tertiary/aromatic N) is 2. The van der Waals surface area contributed by atoms with Crippen LogP contribution >= 0.6 is 11.3 Å². The lowest BCUT2D eigenvalue weighted by Crippen LogP contribution is -2.13. The predicted molar refractivity (Wildman–Crippen MR) is 62.1 cm³/mol. The minimum atomic E-state index is 0.574. The van der Waals surface area contributed by atoms with Crippen molar-refractivity contribution < 1.29 is 0 Å². The lowest BCUT2D eigenvalue weighted by atomic mass is 10.2. The van der Waals surface area contributed by atoms with Crippen LogP contribution in [0.2, 0.25) is 0 Å². The summed E-state index contributed by atoms with van der Waals surface area (Å²) in [6.45, 7) is 2.18. The van der Waals surface area contributed by atoms with Crippen LogP contribution in [-0.4, -0.2) is 22.6 Å². The molecular weight excluding hydrogens is 206 g/mol. The van der Waals surface area contributed by atoms with Crippen LogP contribution in [0, 0.1) is 0 Å². The van der Waals surface area contributed by atoms with E-state index in [1.165, 1.54) is 17.0 Å². The molecule has 78 valence electrons. The molecule has 0 bridgehead atoms. The van der Waals surface area contributed by atoms with Gasteiger partial charge in [0.1, 0.15) is 0 Å². The van der Waals surface area contributed by atoms with E-state index in [4.69, 9.17) is 0 Å². The number of hydrogen-bond donors (Lipinski definition) is 1. The molecule has 0 aliphatic carbocycles. The Morgan fingerprint density at radius 1 is 1.53 bits per heavy atom. The zero-order chi connectivity index (χ0) is 10.1. The van der Waals surface area contributed by atoms with Gasteiger partial charge in [0.05, 0.1) is 23.1 Å². The van der Waals surface area contributed by atoms with E-state index in [1.807, 2.05) is 12.5 Å². The summed E-state index contributed by atoms with van der Waals surface area (Å²) < 4.78 is 2.30. The van der Waals surface area contributed by atoms with Crippen molar-refractivity contribution in [2.75, 3.05) is 13.1 Å². The van der Waals surface area contributed by atoms with E-state index in [0.717, 1.165) is 13.1 Å². The third-order valence-electron chi connectivity index (χ3n) is 2.87. The lowest BCUT2D eigenvalue weighted by Gasteiger charge is -2.13. The number of hydrogen-bond acceptors (Lipinski definition) is 3. The fourth-order valence-corrected chi connectivity index (χ4v) is 2.83. The number of aromatic nitrogens is 2. The van der Waals surface area contributed by atoms with E-state index in [-0.39, 0.29) is 0 Å². The minimum Gasteiger partial charge on any atom is -0.325 e. The van der Waals surface area contributed by atoms with Gasteiger partial charge in [-0.3, -0.25) is 0 Å². The maximum atomic E-state index is 4.26. The average Bonchev–Trinajstić information content (AvgIpc) is 3.01. The first-order valence-electron chi connectivity index (χ1n) is 5.21. The summed E-state index contributed by atoms with van der Waals surface area (Å²) in [6, 6.07) is 4.81. The highest BCUT2D eigenvalue weighted by Crippen LogP contribution is 2.28. The van der Waals surface area contributed by atoms with Gasteiger partial charge in [-0.2, -0.15) is 0 Å². The zero-order valence-corrected chi connectivity index (χ0v) is 9.20. The summed E-state index contributed by atoms with van der Waals surface area (Å²) in [4.78, 5) is 5.57. The molecule has 1 unspecified atom stereocenters. The van der Waals surface area contributed by atoms with Gasteiger partial charge in [-0.05, 0) is 24.4 Å². The molecule has 15 heavy (non-hydrogen) atoms. The van der Waals surface area contributed by atoms with Crippen LogP contribution in [0.3, 0.4) is 0 Å². The van der Waals surface area contributed by atoms with Gasteiger partial charge >= 0.3 is 0 Å². The molecule has 1 fully saturated rings. The Labute approximate surface area is 92.8 Å². The van der Waals surface area contributed by atoms with Crippen molar-refractivity contribution in [1.82, 2.24) is 14.9 Å². The highest BCUT2D eigenvalue weighted by molar-refractivity contribution is 7.13. The molecular formula is C11H13N3S. The van der Waals surface area contributed by atoms with Crippen LogP contribution in [-0.2, 0) is 0 Å². The number of imidazole rings is 1. The molecule has 0 aromatic carbocycles. The van der Waals surface area contributed by atoms with Crippen molar-refractivity contribution in [3.63, 3.8) is 0 Å². The minimum absolute atomic E-state index is 0.574. The largest absolute Gasteiger partial charge is 0.325 e. The summed E-state index contributed by atoms with van der Waals surface area (Å²) >= 11 is 1.77. The van der Waals surface area contributed by atoms with E-state index in [1.54, 1.807) is 11.3 Å². The number of thiophene rings is 1. The fourth-order valence-electron chi connectivity index (χ4n) is 2.09. The third-order valence-corrected chi connectivity index (χ3v) is 3.76. The molecule has 2 aromatic rings. The van der Waals surface area contributed by atoms with E-state index >= 15 is 0 Å². The van der Waals surface area contributed by atoms with Crippen molar-refractivity contribution in [1.29, 1.82) is 0 Å². The Morgan fingerprint density at radius 3 is 3.27 bits per heavy atom. The molecule has 0 spiro atoms. The fraction of sp³-hybridized carbons (Fsp3) is 0.364. The molecule has 2 aromatic heterocycles. The Hall–Kier alpha value is -1.13. The van der Waals surface area contributed by atoms with Crippen LogP contribution in [0.15, 0.2) is 30.0 Å². The van der Waals surface area contributed by atoms with E-state index in [9.17, 15) is 0 Å². The second-order valence-electron chi connectivity index (χ2n) is 3.81. The van der Waals surface area contributed by atoms with Crippen LogP contribution in [0.4, 0.5) is 0 Å². The van der Waals surface area contributed by atoms with Gasteiger partial charge in [0.15, 0.2) is 0 Å². The van der Waals surface area contributed by atoms with Crippen LogP contribution < -0.4 is 5.32 Å². The molecule has 0 amide bonds. The summed E-state index contributed by atoms with van der Waals surface area (Å²) in [5.41, 5.74) is 1.25. The molecule has 1 aliphatic heterocycles. The molecule has 1 aliphatic rings. The SMILES string of the molecule is c1csc(-c2cncn2C2CCNC2)c1. The molecule has 1 saturated heterocycles. The second kappa shape index (κ2) is 3.79. The van der Waals surface area contributed by atoms with Gasteiger partial charge in [-0.25, -0.2) is 4.98 Å². The van der Waals surface area contributed by atoms with Crippen molar-refractivity contribution >= 4 is 11.3 Å². The monoisotopic (exact) mass is 219 g/mol. The summed E-state index contributed by atoms with van der Waals surface area (Å²) in [5, 5.41) is 5.50. The number of nitrogens with one attached hydrogen (secondary N) is 1. The van der Waals surface area contributed by atoms with Crippen molar-refractivity contribution in [3.05, 3.63) is 30.0 Å². The predicted octanol–water partition coefficient (Wildman–Crippen LogP) is 2.15. The molecule has 4 heteroatoms. The lowest BCUT2D eigenvalue weighted by molar-refractivity contribution is 0.552. The highest BCUT2D eigenvalue weighted by atomic mass is 32.1. The van der Waals surface area contributed by atoms with Gasteiger partial charge < -0.3 is 9.88 Å². The van der Waals surface area contributed by atoms with Gasteiger partial charge in [-0.1, -0.05) is 6.07 Å². The zero-order valence-electron chi connectivity index (χ0n) is 8.39. The van der Waals surface area contributed by atoms with Gasteiger partial charge in [0, 0.05) is 12.6 Å². The van der Waals surface area contributed by atoms with Crippen LogP contribution in [0.1, 0.15) is 12.5 Å². The van der Waals surface area contributed by atoms with Gasteiger partial charge in [0.2, 0.25) is 0 Å². The van der Waals surface area contributed by atoms with Crippen molar-refractivity contribution in [2.24, 2.45) is 0 Å². The first kappa shape index (κ1) is 9.12. The van der Waals surface area contributed by atoms with E-state index < -0.39 is 0 Å². The molecule has 1 atom stereocenters. The molecule has 1 N–H and O–H groups in total. The summed E-state index contributed by atoms with van der Waals surface area (Å²) in [7, 11) is 0. The Bertz CT molecular complexity index is 426. The van der Waals surface area contributed by atoms with Crippen molar-refractivity contribution in [3.8, 4) is 10.6 Å². The highest BCUT2D eigenvalue weighted by Gasteiger charge is 2.19. The maximum absolute atomic E-state index is 4.26. The normalized spacial score (nSPS) is 20.9. The number of rotatable bonds is 2. The topological polar surface area (TPSA) is 29.9 Å². The second-order valence-corrected chi connectivity index (χ2v) is 4.76. The first-order chi connectivity index (χ1) is 7.45. The van der Waals surface area contributed by atoms with Crippen LogP contribution in [0.5, 0.6) is 0 Å². The quantitative estimate of drug-likeness (QED) is 0.838. The standard InChI is InChI=1S/C11H13N3S/c1-2-11(15-5-1)10-7-13-8-14(10)9-3-4-12-6-9/h1-2,5,7-9,12H,3-4,6H2. The van der Waals surface area contributed by atoms with E-state index in [2.05, 4.69) is 32.4 Å². The Kier molecular flexibility index (Phi) is 2.31. The van der Waals surface area contributed by atoms with Gasteiger partial charge in [-0.15, -0.1) is 11.3 Å². The Balaban J connectivity index is 1.98. The molecule has 3 nitrogen and oxygen atoms in total. The van der Waals surface area contributed by atoms with E-state index in [0.29, 0.717) is 6.04 Å². The first-order valence-corrected chi connectivity index (χ1v) is 6.09. The van der Waals surface area contributed by atoms with Gasteiger partial charge in [0.25, 0.3) is 0 Å². The average molecular weight is 219 g/mol. The smallest absolute Gasteiger partial charge is 0.0954 e. The molecule has 0 saturated carbocycles. The third kappa shape index (κ3) is 1.60. The summed E-state index contributed by atoms with van der Waals surface area (Å²) in [5.74, 6) is 0. The molecule has 0 radical (unpaired) electrons. The van der Waals surface area contributed by atoms with Crippen LogP contribution in [0.25, 0.3) is 10.6 Å². The van der Waals surface area contributed by atoms with Crippen molar-refractivity contribution in [2.45, 2.75) is 12.5 Å².